The molecule has 0 aliphatic carbocycles. The maximum atomic E-state index is 12.7. The molecule has 5 nitrogen and oxygen atoms in total. The molecule has 0 spiro atoms. The summed E-state index contributed by atoms with van der Waals surface area (Å²) in [5.74, 6) is 0.347. The molecule has 5 heteroatoms. The van der Waals surface area contributed by atoms with Gasteiger partial charge in [-0.2, -0.15) is 0 Å². The van der Waals surface area contributed by atoms with E-state index in [4.69, 9.17) is 4.74 Å². The van der Waals surface area contributed by atoms with E-state index in [9.17, 15) is 9.59 Å². The van der Waals surface area contributed by atoms with Crippen LogP contribution in [0, 0.1) is 5.92 Å². The van der Waals surface area contributed by atoms with Crippen LogP contribution < -0.4 is 0 Å². The van der Waals surface area contributed by atoms with Gasteiger partial charge in [0.15, 0.2) is 0 Å². The van der Waals surface area contributed by atoms with Crippen molar-refractivity contribution in [3.8, 4) is 0 Å². The number of amides is 2. The van der Waals surface area contributed by atoms with Gasteiger partial charge in [0.2, 0.25) is 11.8 Å². The van der Waals surface area contributed by atoms with Crippen molar-refractivity contribution in [1.82, 2.24) is 9.80 Å². The Hall–Kier alpha value is -1.10. The van der Waals surface area contributed by atoms with E-state index in [-0.39, 0.29) is 35.9 Å². The lowest BCUT2D eigenvalue weighted by Gasteiger charge is -2.44. The van der Waals surface area contributed by atoms with Crippen LogP contribution in [-0.4, -0.2) is 59.5 Å². The second-order valence-corrected chi connectivity index (χ2v) is 6.14. The molecule has 0 bridgehead atoms. The molecular formula is C15H26N2O3. The first kappa shape index (κ1) is 15.3. The largest absolute Gasteiger partial charge is 0.377 e. The summed E-state index contributed by atoms with van der Waals surface area (Å²) < 4.78 is 5.55. The van der Waals surface area contributed by atoms with E-state index in [1.165, 1.54) is 0 Å². The summed E-state index contributed by atoms with van der Waals surface area (Å²) in [5, 5.41) is 0. The molecule has 3 unspecified atom stereocenters. The smallest absolute Gasteiger partial charge is 0.246 e. The molecule has 2 rings (SSSR count). The van der Waals surface area contributed by atoms with Gasteiger partial charge in [-0.25, -0.2) is 0 Å². The van der Waals surface area contributed by atoms with Crippen molar-refractivity contribution in [2.75, 3.05) is 19.7 Å². The van der Waals surface area contributed by atoms with Crippen LogP contribution in [0.5, 0.6) is 0 Å². The summed E-state index contributed by atoms with van der Waals surface area (Å²) in [5.41, 5.74) is 0. The van der Waals surface area contributed by atoms with Crippen molar-refractivity contribution in [3.63, 3.8) is 0 Å². The van der Waals surface area contributed by atoms with Gasteiger partial charge in [0.05, 0.1) is 6.10 Å². The highest BCUT2D eigenvalue weighted by molar-refractivity contribution is 5.97. The van der Waals surface area contributed by atoms with E-state index < -0.39 is 0 Å². The lowest BCUT2D eigenvalue weighted by molar-refractivity contribution is -0.163. The Balaban J connectivity index is 2.20. The molecule has 2 saturated heterocycles. The molecular weight excluding hydrogens is 256 g/mol. The Kier molecular flexibility index (Phi) is 4.68. The lowest BCUT2D eigenvalue weighted by Crippen LogP contribution is -2.65. The maximum Gasteiger partial charge on any atom is 0.246 e. The Morgan fingerprint density at radius 1 is 1.25 bits per heavy atom. The molecule has 0 saturated carbocycles. The summed E-state index contributed by atoms with van der Waals surface area (Å²) in [7, 11) is 0. The highest BCUT2D eigenvalue weighted by Crippen LogP contribution is 2.30. The van der Waals surface area contributed by atoms with Crippen molar-refractivity contribution in [1.29, 1.82) is 0 Å². The maximum absolute atomic E-state index is 12.7. The molecule has 0 aromatic heterocycles. The molecule has 2 aliphatic heterocycles. The number of carbonyl (C=O) groups is 2. The Morgan fingerprint density at radius 2 is 1.95 bits per heavy atom. The Bertz CT molecular complexity index is 383. The number of ether oxygens (including phenoxy) is 1. The minimum absolute atomic E-state index is 0.0362. The SMILES string of the molecule is CCOC(C)CN1C(=O)C2CCCN2C(=O)C1C(C)C. The lowest BCUT2D eigenvalue weighted by atomic mass is 9.95. The zero-order chi connectivity index (χ0) is 14.9. The molecule has 0 N–H and O–H groups in total. The molecule has 114 valence electrons. The summed E-state index contributed by atoms with van der Waals surface area (Å²) in [6.07, 6.45) is 1.70. The molecule has 3 atom stereocenters. The van der Waals surface area contributed by atoms with Gasteiger partial charge in [0.1, 0.15) is 12.1 Å². The molecule has 0 aromatic carbocycles. The second kappa shape index (κ2) is 6.12. The van der Waals surface area contributed by atoms with Crippen molar-refractivity contribution in [3.05, 3.63) is 0 Å². The van der Waals surface area contributed by atoms with E-state index in [0.29, 0.717) is 13.2 Å². The fraction of sp³-hybridized carbons (Fsp3) is 0.867. The number of nitrogens with zero attached hydrogens (tertiary/aromatic N) is 2. The van der Waals surface area contributed by atoms with Crippen molar-refractivity contribution >= 4 is 11.8 Å². The fourth-order valence-electron chi connectivity index (χ4n) is 3.38. The third-order valence-corrected chi connectivity index (χ3v) is 4.23. The first-order valence-corrected chi connectivity index (χ1v) is 7.70. The summed E-state index contributed by atoms with van der Waals surface area (Å²) in [6, 6.07) is -0.564. The summed E-state index contributed by atoms with van der Waals surface area (Å²) in [6.45, 7) is 9.77. The van der Waals surface area contributed by atoms with Crippen LogP contribution in [-0.2, 0) is 14.3 Å². The quantitative estimate of drug-likeness (QED) is 0.763. The van der Waals surface area contributed by atoms with Gasteiger partial charge in [0.25, 0.3) is 0 Å². The van der Waals surface area contributed by atoms with Crippen LogP contribution >= 0.6 is 0 Å². The van der Waals surface area contributed by atoms with Crippen LogP contribution in [0.3, 0.4) is 0 Å². The van der Waals surface area contributed by atoms with E-state index in [0.717, 1.165) is 19.4 Å². The molecule has 2 heterocycles. The molecule has 20 heavy (non-hydrogen) atoms. The zero-order valence-electron chi connectivity index (χ0n) is 13.0. The van der Waals surface area contributed by atoms with Crippen molar-refractivity contribution in [2.24, 2.45) is 5.92 Å². The van der Waals surface area contributed by atoms with Crippen LogP contribution in [0.1, 0.15) is 40.5 Å². The first-order valence-electron chi connectivity index (χ1n) is 7.70. The first-order chi connectivity index (χ1) is 9.47. The van der Waals surface area contributed by atoms with Crippen LogP contribution in [0.2, 0.25) is 0 Å². The standard InChI is InChI=1S/C15H26N2O3/c1-5-20-11(4)9-17-13(10(2)3)15(19)16-8-6-7-12(16)14(17)18/h10-13H,5-9H2,1-4H3. The third kappa shape index (κ3) is 2.68. The van der Waals surface area contributed by atoms with Crippen LogP contribution in [0.4, 0.5) is 0 Å². The molecule has 0 aromatic rings. The predicted octanol–water partition coefficient (Wildman–Crippen LogP) is 1.27. The van der Waals surface area contributed by atoms with Gasteiger partial charge >= 0.3 is 0 Å². The Labute approximate surface area is 121 Å². The number of piperazine rings is 1. The van der Waals surface area contributed by atoms with Crippen molar-refractivity contribution < 1.29 is 14.3 Å². The molecule has 2 amide bonds. The van der Waals surface area contributed by atoms with E-state index in [1.807, 2.05) is 27.7 Å². The zero-order valence-corrected chi connectivity index (χ0v) is 13.0. The minimum atomic E-state index is -0.334. The molecule has 2 aliphatic rings. The summed E-state index contributed by atoms with van der Waals surface area (Å²) >= 11 is 0. The van der Waals surface area contributed by atoms with E-state index in [1.54, 1.807) is 9.80 Å². The van der Waals surface area contributed by atoms with Gasteiger partial charge in [-0.15, -0.1) is 0 Å². The highest BCUT2D eigenvalue weighted by Gasteiger charge is 2.48. The highest BCUT2D eigenvalue weighted by atomic mass is 16.5. The van der Waals surface area contributed by atoms with Gasteiger partial charge in [0, 0.05) is 19.7 Å². The minimum Gasteiger partial charge on any atom is -0.377 e. The van der Waals surface area contributed by atoms with Crippen LogP contribution in [0.15, 0.2) is 0 Å². The van der Waals surface area contributed by atoms with Crippen LogP contribution in [0.25, 0.3) is 0 Å². The van der Waals surface area contributed by atoms with E-state index in [2.05, 4.69) is 0 Å². The van der Waals surface area contributed by atoms with Gasteiger partial charge in [-0.05, 0) is 32.6 Å². The number of hydrogen-bond donors (Lipinski definition) is 0. The van der Waals surface area contributed by atoms with Gasteiger partial charge in [-0.1, -0.05) is 13.8 Å². The van der Waals surface area contributed by atoms with E-state index >= 15 is 0 Å². The second-order valence-electron chi connectivity index (χ2n) is 6.14. The average molecular weight is 282 g/mol. The fourth-order valence-corrected chi connectivity index (χ4v) is 3.38. The normalized spacial score (nSPS) is 28.2. The van der Waals surface area contributed by atoms with Crippen molar-refractivity contribution in [2.45, 2.75) is 58.7 Å². The average Bonchev–Trinajstić information content (AvgIpc) is 2.85. The number of carbonyl (C=O) groups excluding carboxylic acids is 2. The van der Waals surface area contributed by atoms with Gasteiger partial charge in [-0.3, -0.25) is 9.59 Å². The summed E-state index contributed by atoms with van der Waals surface area (Å²) in [4.78, 5) is 28.9. The number of rotatable bonds is 5. The predicted molar refractivity (Wildman–Crippen MR) is 76.2 cm³/mol. The third-order valence-electron chi connectivity index (χ3n) is 4.23. The monoisotopic (exact) mass is 282 g/mol. The molecule has 0 radical (unpaired) electrons. The molecule has 2 fully saturated rings. The Morgan fingerprint density at radius 3 is 2.55 bits per heavy atom. The number of fused-ring (bicyclic) bond motifs is 1. The topological polar surface area (TPSA) is 49.9 Å². The van der Waals surface area contributed by atoms with Gasteiger partial charge < -0.3 is 14.5 Å². The number of hydrogen-bond acceptors (Lipinski definition) is 3.